The van der Waals surface area contributed by atoms with Gasteiger partial charge in [0, 0.05) is 5.02 Å². The van der Waals surface area contributed by atoms with E-state index < -0.39 is 0 Å². The quantitative estimate of drug-likeness (QED) is 0.681. The van der Waals surface area contributed by atoms with E-state index in [0.717, 1.165) is 11.1 Å². The van der Waals surface area contributed by atoms with Gasteiger partial charge < -0.3 is 4.74 Å². The highest BCUT2D eigenvalue weighted by atomic mass is 35.5. The fraction of sp³-hybridized carbons (Fsp3) is 0.125. The normalized spacial score (nSPS) is 10.6. The monoisotopic (exact) mass is 302 g/mol. The highest BCUT2D eigenvalue weighted by Crippen LogP contribution is 2.12. The number of carbonyl (C=O) groups excluding carboxylic acids is 1. The Hall–Kier alpha value is -2.33. The predicted molar refractivity (Wildman–Crippen MR) is 83.9 cm³/mol. The van der Waals surface area contributed by atoms with Crippen molar-refractivity contribution in [1.29, 1.82) is 0 Å². The minimum absolute atomic E-state index is 0.0870. The maximum absolute atomic E-state index is 11.6. The molecule has 0 spiro atoms. The van der Waals surface area contributed by atoms with Crippen LogP contribution in [0.5, 0.6) is 5.75 Å². The van der Waals surface area contributed by atoms with E-state index in [1.165, 1.54) is 6.21 Å². The maximum Gasteiger partial charge on any atom is 0.277 e. The molecule has 0 heterocycles. The van der Waals surface area contributed by atoms with Crippen LogP contribution in [0.15, 0.2) is 53.6 Å². The van der Waals surface area contributed by atoms with Gasteiger partial charge in [-0.3, -0.25) is 4.79 Å². The van der Waals surface area contributed by atoms with Crippen LogP contribution in [-0.2, 0) is 4.79 Å². The molecule has 0 aliphatic rings. The second-order valence-corrected chi connectivity index (χ2v) is 4.89. The highest BCUT2D eigenvalue weighted by molar-refractivity contribution is 6.30. The first-order valence-electron chi connectivity index (χ1n) is 6.40. The molecule has 0 saturated heterocycles. The van der Waals surface area contributed by atoms with Crippen LogP contribution in [0.25, 0.3) is 0 Å². The summed E-state index contributed by atoms with van der Waals surface area (Å²) in [5, 5.41) is 4.47. The molecule has 2 aromatic rings. The van der Waals surface area contributed by atoms with E-state index in [1.807, 2.05) is 37.3 Å². The van der Waals surface area contributed by atoms with Crippen molar-refractivity contribution in [1.82, 2.24) is 5.43 Å². The minimum Gasteiger partial charge on any atom is -0.484 e. The van der Waals surface area contributed by atoms with Gasteiger partial charge in [0.15, 0.2) is 6.61 Å². The van der Waals surface area contributed by atoms with Crippen LogP contribution >= 0.6 is 11.6 Å². The zero-order valence-corrected chi connectivity index (χ0v) is 12.3. The Balaban J connectivity index is 1.80. The Morgan fingerprint density at radius 2 is 2.10 bits per heavy atom. The van der Waals surface area contributed by atoms with E-state index in [2.05, 4.69) is 10.5 Å². The van der Waals surface area contributed by atoms with Gasteiger partial charge in [-0.25, -0.2) is 5.43 Å². The number of ether oxygens (including phenoxy) is 1. The number of hydrogen-bond donors (Lipinski definition) is 1. The number of rotatable bonds is 5. The van der Waals surface area contributed by atoms with Gasteiger partial charge in [-0.05, 0) is 42.3 Å². The molecule has 108 valence electrons. The van der Waals surface area contributed by atoms with Gasteiger partial charge in [-0.15, -0.1) is 0 Å². The van der Waals surface area contributed by atoms with Gasteiger partial charge >= 0.3 is 0 Å². The van der Waals surface area contributed by atoms with Gasteiger partial charge in [-0.1, -0.05) is 35.9 Å². The third-order valence-corrected chi connectivity index (χ3v) is 2.85. The Kier molecular flexibility index (Phi) is 5.35. The van der Waals surface area contributed by atoms with Crippen LogP contribution < -0.4 is 10.2 Å². The number of hydrazone groups is 1. The lowest BCUT2D eigenvalue weighted by molar-refractivity contribution is -0.123. The van der Waals surface area contributed by atoms with E-state index in [1.54, 1.807) is 18.2 Å². The van der Waals surface area contributed by atoms with E-state index >= 15 is 0 Å². The van der Waals surface area contributed by atoms with Crippen LogP contribution in [0.3, 0.4) is 0 Å². The largest absolute Gasteiger partial charge is 0.484 e. The maximum atomic E-state index is 11.6. The summed E-state index contributed by atoms with van der Waals surface area (Å²) in [5.74, 6) is 0.332. The fourth-order valence-corrected chi connectivity index (χ4v) is 1.85. The van der Waals surface area contributed by atoms with Crippen molar-refractivity contribution in [3.8, 4) is 5.75 Å². The van der Waals surface area contributed by atoms with Crippen molar-refractivity contribution >= 4 is 23.7 Å². The smallest absolute Gasteiger partial charge is 0.277 e. The summed E-state index contributed by atoms with van der Waals surface area (Å²) < 4.78 is 5.36. The summed E-state index contributed by atoms with van der Waals surface area (Å²) in [7, 11) is 0. The predicted octanol–water partition coefficient (Wildman–Crippen LogP) is 3.18. The van der Waals surface area contributed by atoms with Gasteiger partial charge in [0.25, 0.3) is 5.91 Å². The van der Waals surface area contributed by atoms with Crippen molar-refractivity contribution in [2.45, 2.75) is 6.92 Å². The molecule has 5 heteroatoms. The van der Waals surface area contributed by atoms with Crippen molar-refractivity contribution in [3.63, 3.8) is 0 Å². The molecule has 0 saturated carbocycles. The Morgan fingerprint density at radius 3 is 2.86 bits per heavy atom. The number of nitrogens with one attached hydrogen (secondary N) is 1. The minimum atomic E-state index is -0.324. The van der Waals surface area contributed by atoms with Gasteiger partial charge in [-0.2, -0.15) is 5.10 Å². The SMILES string of the molecule is Cc1cccc(OCC(=O)N/N=C\c2cccc(Cl)c2)c1. The van der Waals surface area contributed by atoms with Crippen LogP contribution in [0.1, 0.15) is 11.1 Å². The summed E-state index contributed by atoms with van der Waals surface area (Å²) in [4.78, 5) is 11.6. The van der Waals surface area contributed by atoms with E-state index in [9.17, 15) is 4.79 Å². The number of benzene rings is 2. The summed E-state index contributed by atoms with van der Waals surface area (Å²) in [6.07, 6.45) is 1.52. The molecule has 2 aromatic carbocycles. The molecule has 0 unspecified atom stereocenters. The molecular formula is C16H15ClN2O2. The van der Waals surface area contributed by atoms with Gasteiger partial charge in [0.2, 0.25) is 0 Å². The molecule has 0 atom stereocenters. The first-order chi connectivity index (χ1) is 10.1. The summed E-state index contributed by atoms with van der Waals surface area (Å²) in [5.41, 5.74) is 4.28. The van der Waals surface area contributed by atoms with E-state index in [4.69, 9.17) is 16.3 Å². The van der Waals surface area contributed by atoms with Crippen LogP contribution in [0.2, 0.25) is 5.02 Å². The van der Waals surface area contributed by atoms with Crippen molar-refractivity contribution < 1.29 is 9.53 Å². The molecule has 0 aliphatic heterocycles. The average Bonchev–Trinajstić information content (AvgIpc) is 2.45. The molecule has 0 aromatic heterocycles. The second kappa shape index (κ2) is 7.45. The molecule has 0 fully saturated rings. The summed E-state index contributed by atoms with van der Waals surface area (Å²) in [6, 6.07) is 14.7. The van der Waals surface area contributed by atoms with Crippen LogP contribution in [0, 0.1) is 6.92 Å². The van der Waals surface area contributed by atoms with E-state index in [0.29, 0.717) is 10.8 Å². The van der Waals surface area contributed by atoms with Crippen molar-refractivity contribution in [3.05, 3.63) is 64.7 Å². The zero-order valence-electron chi connectivity index (χ0n) is 11.5. The molecule has 0 radical (unpaired) electrons. The molecule has 2 rings (SSSR count). The van der Waals surface area contributed by atoms with Gasteiger partial charge in [0.1, 0.15) is 5.75 Å². The fourth-order valence-electron chi connectivity index (χ4n) is 1.65. The van der Waals surface area contributed by atoms with Crippen molar-refractivity contribution in [2.75, 3.05) is 6.61 Å². The third kappa shape index (κ3) is 5.28. The molecule has 4 nitrogen and oxygen atoms in total. The molecule has 0 aliphatic carbocycles. The zero-order chi connectivity index (χ0) is 15.1. The van der Waals surface area contributed by atoms with E-state index in [-0.39, 0.29) is 12.5 Å². The first kappa shape index (κ1) is 15.1. The lowest BCUT2D eigenvalue weighted by Crippen LogP contribution is -2.24. The molecular weight excluding hydrogens is 288 g/mol. The molecule has 1 N–H and O–H groups in total. The molecule has 1 amide bonds. The van der Waals surface area contributed by atoms with Crippen LogP contribution in [0.4, 0.5) is 0 Å². The standard InChI is InChI=1S/C16H15ClN2O2/c1-12-4-2-7-15(8-12)21-11-16(20)19-18-10-13-5-3-6-14(17)9-13/h2-10H,11H2,1H3,(H,19,20)/b18-10-. The Labute approximate surface area is 128 Å². The molecule has 21 heavy (non-hydrogen) atoms. The third-order valence-electron chi connectivity index (χ3n) is 2.61. The molecule has 0 bridgehead atoms. The topological polar surface area (TPSA) is 50.7 Å². The van der Waals surface area contributed by atoms with Crippen molar-refractivity contribution in [2.24, 2.45) is 5.10 Å². The Morgan fingerprint density at radius 1 is 1.29 bits per heavy atom. The number of halogens is 1. The number of amides is 1. The summed E-state index contributed by atoms with van der Waals surface area (Å²) in [6.45, 7) is 1.87. The number of carbonyl (C=O) groups is 1. The lowest BCUT2D eigenvalue weighted by Gasteiger charge is -2.05. The average molecular weight is 303 g/mol. The highest BCUT2D eigenvalue weighted by Gasteiger charge is 2.01. The van der Waals surface area contributed by atoms with Crippen LogP contribution in [-0.4, -0.2) is 18.7 Å². The van der Waals surface area contributed by atoms with Gasteiger partial charge in [0.05, 0.1) is 6.21 Å². The second-order valence-electron chi connectivity index (χ2n) is 4.45. The Bertz CT molecular complexity index is 656. The number of aryl methyl sites for hydroxylation is 1. The number of nitrogens with zero attached hydrogens (tertiary/aromatic N) is 1. The lowest BCUT2D eigenvalue weighted by atomic mass is 10.2. The first-order valence-corrected chi connectivity index (χ1v) is 6.78. The number of hydrogen-bond acceptors (Lipinski definition) is 3. The summed E-state index contributed by atoms with van der Waals surface area (Å²) >= 11 is 5.85.